The van der Waals surface area contributed by atoms with E-state index in [0.29, 0.717) is 11.6 Å². The Bertz CT molecular complexity index is 1460. The van der Waals surface area contributed by atoms with Gasteiger partial charge in [0.25, 0.3) is 0 Å². The van der Waals surface area contributed by atoms with E-state index in [-0.39, 0.29) is 0 Å². The molecule has 5 aromatic rings. The van der Waals surface area contributed by atoms with Gasteiger partial charge in [0.15, 0.2) is 0 Å². The molecule has 0 atom stereocenters. The molecule has 162 valence electrons. The molecule has 0 saturated carbocycles. The minimum atomic E-state index is 0.604. The van der Waals surface area contributed by atoms with Crippen molar-refractivity contribution in [3.05, 3.63) is 101 Å². The number of aromatic nitrogens is 4. The molecule has 5 nitrogen and oxygen atoms in total. The van der Waals surface area contributed by atoms with Crippen molar-refractivity contribution in [2.45, 2.75) is 20.4 Å². The third-order valence-electron chi connectivity index (χ3n) is 5.54. The van der Waals surface area contributed by atoms with E-state index in [1.54, 1.807) is 6.20 Å². The molecular formula is C27H22ClN5. The number of pyridine rings is 4. The molecule has 1 N–H and O–H groups in total. The van der Waals surface area contributed by atoms with Crippen LogP contribution in [0.15, 0.2) is 79.4 Å². The van der Waals surface area contributed by atoms with Crippen LogP contribution < -0.4 is 5.32 Å². The van der Waals surface area contributed by atoms with Gasteiger partial charge in [0.2, 0.25) is 0 Å². The molecule has 5 rings (SSSR count). The van der Waals surface area contributed by atoms with Crippen molar-refractivity contribution in [1.82, 2.24) is 19.9 Å². The van der Waals surface area contributed by atoms with Crippen LogP contribution in [0.5, 0.6) is 0 Å². The summed E-state index contributed by atoms with van der Waals surface area (Å²) in [5.41, 5.74) is 7.03. The Morgan fingerprint density at radius 3 is 2.24 bits per heavy atom. The molecule has 0 radical (unpaired) electrons. The van der Waals surface area contributed by atoms with E-state index in [1.807, 2.05) is 68.8 Å². The molecule has 0 bridgehead atoms. The van der Waals surface area contributed by atoms with Gasteiger partial charge in [-0.3, -0.25) is 15.0 Å². The average Bonchev–Trinajstić information content (AvgIpc) is 2.82. The minimum Gasteiger partial charge on any atom is -0.365 e. The lowest BCUT2D eigenvalue weighted by Gasteiger charge is -2.11. The van der Waals surface area contributed by atoms with Crippen LogP contribution in [0.25, 0.3) is 33.2 Å². The van der Waals surface area contributed by atoms with Crippen molar-refractivity contribution in [3.63, 3.8) is 0 Å². The summed E-state index contributed by atoms with van der Waals surface area (Å²) in [6.45, 7) is 4.56. The molecule has 0 aliphatic carbocycles. The highest BCUT2D eigenvalue weighted by Gasteiger charge is 2.09. The van der Waals surface area contributed by atoms with Gasteiger partial charge in [-0.05, 0) is 72.8 Å². The maximum atomic E-state index is 6.60. The monoisotopic (exact) mass is 451 g/mol. The Balaban J connectivity index is 1.38. The average molecular weight is 452 g/mol. The van der Waals surface area contributed by atoms with Crippen molar-refractivity contribution in [1.29, 1.82) is 0 Å². The summed E-state index contributed by atoms with van der Waals surface area (Å²) < 4.78 is 0. The number of nitrogens with one attached hydrogen (secondary N) is 1. The second kappa shape index (κ2) is 8.96. The molecule has 0 spiro atoms. The quantitative estimate of drug-likeness (QED) is 0.324. The van der Waals surface area contributed by atoms with Crippen LogP contribution in [0.4, 0.5) is 5.82 Å². The summed E-state index contributed by atoms with van der Waals surface area (Å²) >= 11 is 6.60. The van der Waals surface area contributed by atoms with Crippen molar-refractivity contribution in [2.75, 3.05) is 5.32 Å². The summed E-state index contributed by atoms with van der Waals surface area (Å²) in [5, 5.41) is 6.20. The Hall–Kier alpha value is -3.83. The number of fused-ring (bicyclic) bond motifs is 1. The fourth-order valence-corrected chi connectivity index (χ4v) is 4.19. The van der Waals surface area contributed by atoms with Gasteiger partial charge in [0, 0.05) is 64.3 Å². The fraction of sp³-hybridized carbons (Fsp3) is 0.111. The molecule has 4 aromatic heterocycles. The van der Waals surface area contributed by atoms with Gasteiger partial charge in [-0.2, -0.15) is 0 Å². The number of hydrogen-bond acceptors (Lipinski definition) is 5. The van der Waals surface area contributed by atoms with Crippen LogP contribution in [0, 0.1) is 13.8 Å². The van der Waals surface area contributed by atoms with Crippen LogP contribution in [0.3, 0.4) is 0 Å². The maximum absolute atomic E-state index is 6.60. The van der Waals surface area contributed by atoms with E-state index in [0.717, 1.165) is 55.9 Å². The molecule has 0 unspecified atom stereocenters. The predicted octanol–water partition coefficient (Wildman–Crippen LogP) is 6.64. The number of aryl methyl sites for hydroxylation is 2. The van der Waals surface area contributed by atoms with Crippen molar-refractivity contribution >= 4 is 28.2 Å². The number of nitrogens with zero attached hydrogens (tertiary/aromatic N) is 4. The van der Waals surface area contributed by atoms with E-state index in [2.05, 4.69) is 43.5 Å². The van der Waals surface area contributed by atoms with Gasteiger partial charge in [0.1, 0.15) is 5.82 Å². The first-order chi connectivity index (χ1) is 16.1. The molecule has 33 heavy (non-hydrogen) atoms. The lowest BCUT2D eigenvalue weighted by Crippen LogP contribution is -2.02. The first-order valence-electron chi connectivity index (χ1n) is 10.7. The zero-order chi connectivity index (χ0) is 22.8. The molecule has 6 heteroatoms. The highest BCUT2D eigenvalue weighted by atomic mass is 35.5. The second-order valence-corrected chi connectivity index (χ2v) is 8.40. The van der Waals surface area contributed by atoms with Crippen LogP contribution in [0.2, 0.25) is 5.02 Å². The van der Waals surface area contributed by atoms with E-state index in [9.17, 15) is 0 Å². The zero-order valence-corrected chi connectivity index (χ0v) is 19.1. The Labute approximate surface area is 197 Å². The zero-order valence-electron chi connectivity index (χ0n) is 18.4. The predicted molar refractivity (Wildman–Crippen MR) is 134 cm³/mol. The number of rotatable bonds is 5. The van der Waals surface area contributed by atoms with Gasteiger partial charge in [-0.15, -0.1) is 0 Å². The molecule has 0 saturated heterocycles. The Morgan fingerprint density at radius 2 is 1.48 bits per heavy atom. The van der Waals surface area contributed by atoms with Gasteiger partial charge < -0.3 is 5.32 Å². The van der Waals surface area contributed by atoms with E-state index >= 15 is 0 Å². The third-order valence-corrected chi connectivity index (χ3v) is 5.86. The Kier molecular flexibility index (Phi) is 5.71. The summed E-state index contributed by atoms with van der Waals surface area (Å²) in [5.74, 6) is 0.794. The molecular weight excluding hydrogens is 430 g/mol. The van der Waals surface area contributed by atoms with Gasteiger partial charge >= 0.3 is 0 Å². The SMILES string of the molecule is Cc1cc(-c2cc3ccnc(NCc4ccc(-c5ccnc(C)c5)c(Cl)c4)c3cn2)ccn1. The number of benzene rings is 1. The van der Waals surface area contributed by atoms with Crippen LogP contribution >= 0.6 is 11.6 Å². The molecule has 0 amide bonds. The van der Waals surface area contributed by atoms with E-state index < -0.39 is 0 Å². The second-order valence-electron chi connectivity index (χ2n) is 7.99. The van der Waals surface area contributed by atoms with Crippen LogP contribution in [-0.2, 0) is 6.54 Å². The molecule has 0 aliphatic rings. The largest absolute Gasteiger partial charge is 0.365 e. The van der Waals surface area contributed by atoms with Crippen LogP contribution in [-0.4, -0.2) is 19.9 Å². The van der Waals surface area contributed by atoms with Crippen molar-refractivity contribution in [3.8, 4) is 22.4 Å². The lowest BCUT2D eigenvalue weighted by atomic mass is 10.0. The van der Waals surface area contributed by atoms with Crippen molar-refractivity contribution < 1.29 is 0 Å². The minimum absolute atomic E-state index is 0.604. The number of halogens is 1. The molecule has 1 aromatic carbocycles. The molecule has 0 aliphatic heterocycles. The third kappa shape index (κ3) is 4.54. The highest BCUT2D eigenvalue weighted by Crippen LogP contribution is 2.30. The Morgan fingerprint density at radius 1 is 0.758 bits per heavy atom. The first kappa shape index (κ1) is 21.0. The van der Waals surface area contributed by atoms with E-state index in [1.165, 1.54) is 0 Å². The van der Waals surface area contributed by atoms with E-state index in [4.69, 9.17) is 11.6 Å². The topological polar surface area (TPSA) is 63.6 Å². The molecule has 4 heterocycles. The normalized spacial score (nSPS) is 11.0. The lowest BCUT2D eigenvalue weighted by molar-refractivity contribution is 1.12. The number of hydrogen-bond donors (Lipinski definition) is 1. The maximum Gasteiger partial charge on any atom is 0.135 e. The van der Waals surface area contributed by atoms with Crippen LogP contribution in [0.1, 0.15) is 17.0 Å². The summed E-state index contributed by atoms with van der Waals surface area (Å²) in [6, 6.07) is 18.2. The highest BCUT2D eigenvalue weighted by molar-refractivity contribution is 6.33. The summed E-state index contributed by atoms with van der Waals surface area (Å²) in [4.78, 5) is 17.7. The smallest absolute Gasteiger partial charge is 0.135 e. The first-order valence-corrected chi connectivity index (χ1v) is 11.1. The molecule has 0 fully saturated rings. The number of anilines is 1. The fourth-order valence-electron chi connectivity index (χ4n) is 3.87. The van der Waals surface area contributed by atoms with Gasteiger partial charge in [-0.25, -0.2) is 4.98 Å². The van der Waals surface area contributed by atoms with Gasteiger partial charge in [-0.1, -0.05) is 23.7 Å². The summed E-state index contributed by atoms with van der Waals surface area (Å²) in [6.07, 6.45) is 7.30. The summed E-state index contributed by atoms with van der Waals surface area (Å²) in [7, 11) is 0. The standard InChI is InChI=1S/C27H22ClN5/c1-17-11-20(5-8-29-17)23-4-3-19(13-25(23)28)15-33-27-24-16-32-26(14-21(24)6-10-31-27)22-7-9-30-18(2)12-22/h3-14,16H,15H2,1-2H3,(H,31,33). The van der Waals surface area contributed by atoms with Gasteiger partial charge in [0.05, 0.1) is 5.69 Å². The van der Waals surface area contributed by atoms with Crippen molar-refractivity contribution in [2.24, 2.45) is 0 Å².